The normalized spacial score (nSPS) is 9.94. The molecule has 1 rings (SSSR count). The van der Waals surface area contributed by atoms with Crippen LogP contribution in [0.2, 0.25) is 0 Å². The Hall–Kier alpha value is -1.11. The van der Waals surface area contributed by atoms with Crippen LogP contribution in [0, 0.1) is 0 Å². The lowest BCUT2D eigenvalue weighted by Crippen LogP contribution is -2.29. The smallest absolute Gasteiger partial charge is 0.265 e. The van der Waals surface area contributed by atoms with E-state index in [9.17, 15) is 4.79 Å². The Kier molecular flexibility index (Phi) is 5.24. The van der Waals surface area contributed by atoms with Gasteiger partial charge in [0.25, 0.3) is 5.91 Å². The fourth-order valence-corrected chi connectivity index (χ4v) is 1.57. The van der Waals surface area contributed by atoms with Gasteiger partial charge in [-0.1, -0.05) is 0 Å². The van der Waals surface area contributed by atoms with E-state index in [1.807, 2.05) is 0 Å². The summed E-state index contributed by atoms with van der Waals surface area (Å²) in [6.45, 7) is 0.967. The van der Waals surface area contributed by atoms with E-state index in [0.717, 1.165) is 0 Å². The highest BCUT2D eigenvalue weighted by Crippen LogP contribution is 2.25. The van der Waals surface area contributed by atoms with Crippen LogP contribution in [-0.2, 0) is 4.74 Å². The number of hydrogen-bond acceptors (Lipinski definition) is 4. The van der Waals surface area contributed by atoms with E-state index in [1.54, 1.807) is 25.3 Å². The number of carbonyl (C=O) groups is 1. The summed E-state index contributed by atoms with van der Waals surface area (Å²) in [6, 6.07) is 4.98. The number of benzene rings is 1. The molecule has 0 aliphatic carbocycles. The third-order valence-corrected chi connectivity index (χ3v) is 2.49. The molecule has 0 heterocycles. The second kappa shape index (κ2) is 6.47. The largest absolute Gasteiger partial charge is 0.490 e. The number of nitrogens with one attached hydrogen (secondary N) is 1. The molecular weight excluding hydrogens is 276 g/mol. The van der Waals surface area contributed by atoms with Gasteiger partial charge in [-0.3, -0.25) is 10.2 Å². The predicted molar refractivity (Wildman–Crippen MR) is 63.2 cm³/mol. The Labute approximate surface area is 102 Å². The minimum absolute atomic E-state index is 0.343. The lowest BCUT2D eigenvalue weighted by atomic mass is 10.2. The van der Waals surface area contributed by atoms with Crippen molar-refractivity contribution in [3.63, 3.8) is 0 Å². The van der Waals surface area contributed by atoms with Gasteiger partial charge in [0.1, 0.15) is 12.4 Å². The SMILES string of the molecule is COCCOc1ccc(C(=O)NN)cc1Br. The van der Waals surface area contributed by atoms with Gasteiger partial charge < -0.3 is 9.47 Å². The van der Waals surface area contributed by atoms with Crippen LogP contribution in [0.3, 0.4) is 0 Å². The Balaban J connectivity index is 2.71. The maximum absolute atomic E-state index is 11.2. The van der Waals surface area contributed by atoms with E-state index in [4.69, 9.17) is 15.3 Å². The van der Waals surface area contributed by atoms with E-state index >= 15 is 0 Å². The molecule has 3 N–H and O–H groups in total. The first-order valence-corrected chi connectivity index (χ1v) is 5.40. The summed E-state index contributed by atoms with van der Waals surface area (Å²) in [4.78, 5) is 11.2. The zero-order valence-electron chi connectivity index (χ0n) is 8.83. The zero-order valence-corrected chi connectivity index (χ0v) is 10.4. The fraction of sp³-hybridized carbons (Fsp3) is 0.300. The number of ether oxygens (including phenoxy) is 2. The number of methoxy groups -OCH3 is 1. The summed E-state index contributed by atoms with van der Waals surface area (Å²) in [7, 11) is 1.60. The first-order valence-electron chi connectivity index (χ1n) is 4.61. The predicted octanol–water partition coefficient (Wildman–Crippen LogP) is 1.08. The molecule has 88 valence electrons. The van der Waals surface area contributed by atoms with Crippen molar-refractivity contribution in [3.8, 4) is 5.75 Å². The van der Waals surface area contributed by atoms with Crippen molar-refractivity contribution in [2.45, 2.75) is 0 Å². The topological polar surface area (TPSA) is 73.6 Å². The highest BCUT2D eigenvalue weighted by Gasteiger charge is 2.07. The molecule has 0 atom stereocenters. The van der Waals surface area contributed by atoms with E-state index in [1.165, 1.54) is 0 Å². The average molecular weight is 289 g/mol. The Morgan fingerprint density at radius 3 is 2.81 bits per heavy atom. The van der Waals surface area contributed by atoms with Gasteiger partial charge in [-0.05, 0) is 34.1 Å². The van der Waals surface area contributed by atoms with E-state index < -0.39 is 0 Å². The van der Waals surface area contributed by atoms with Gasteiger partial charge in [0.05, 0.1) is 11.1 Å². The molecule has 0 saturated carbocycles. The second-order valence-corrected chi connectivity index (χ2v) is 3.81. The summed E-state index contributed by atoms with van der Waals surface area (Å²) in [5, 5.41) is 0. The Morgan fingerprint density at radius 2 is 2.25 bits per heavy atom. The molecule has 6 heteroatoms. The number of carbonyl (C=O) groups excluding carboxylic acids is 1. The minimum atomic E-state index is -0.343. The number of amides is 1. The summed E-state index contributed by atoms with van der Waals surface area (Å²) >= 11 is 3.31. The second-order valence-electron chi connectivity index (χ2n) is 2.96. The van der Waals surface area contributed by atoms with Crippen molar-refractivity contribution >= 4 is 21.8 Å². The molecule has 0 aliphatic heterocycles. The summed E-state index contributed by atoms with van der Waals surface area (Å²) < 4.78 is 11.0. The number of nitrogen functional groups attached to an aromatic ring is 1. The lowest BCUT2D eigenvalue weighted by molar-refractivity contribution is 0.0953. The van der Waals surface area contributed by atoms with Crippen molar-refractivity contribution in [3.05, 3.63) is 28.2 Å². The van der Waals surface area contributed by atoms with Gasteiger partial charge >= 0.3 is 0 Å². The Morgan fingerprint density at radius 1 is 1.50 bits per heavy atom. The molecule has 0 aromatic heterocycles. The lowest BCUT2D eigenvalue weighted by Gasteiger charge is -2.08. The number of nitrogens with two attached hydrogens (primary N) is 1. The van der Waals surface area contributed by atoms with E-state index in [2.05, 4.69) is 21.4 Å². The standard InChI is InChI=1S/C10H13BrN2O3/c1-15-4-5-16-9-3-2-7(6-8(9)11)10(14)13-12/h2-3,6H,4-5,12H2,1H3,(H,13,14). The number of halogens is 1. The van der Waals surface area contributed by atoms with Gasteiger partial charge in [-0.15, -0.1) is 0 Å². The van der Waals surface area contributed by atoms with Crippen LogP contribution in [-0.4, -0.2) is 26.2 Å². The van der Waals surface area contributed by atoms with Crippen molar-refractivity contribution in [2.75, 3.05) is 20.3 Å². The number of hydrogen-bond donors (Lipinski definition) is 2. The fourth-order valence-electron chi connectivity index (χ4n) is 1.08. The molecule has 0 fully saturated rings. The van der Waals surface area contributed by atoms with E-state index in [-0.39, 0.29) is 5.91 Å². The maximum atomic E-state index is 11.2. The molecule has 0 saturated heterocycles. The summed E-state index contributed by atoms with van der Waals surface area (Å²) in [5.41, 5.74) is 2.53. The number of hydrazine groups is 1. The van der Waals surface area contributed by atoms with Crippen LogP contribution in [0.15, 0.2) is 22.7 Å². The zero-order chi connectivity index (χ0) is 12.0. The molecule has 1 aromatic carbocycles. The van der Waals surface area contributed by atoms with Crippen LogP contribution >= 0.6 is 15.9 Å². The molecule has 0 aliphatic rings. The molecule has 0 spiro atoms. The third kappa shape index (κ3) is 3.48. The molecule has 1 amide bonds. The quantitative estimate of drug-likeness (QED) is 0.368. The van der Waals surface area contributed by atoms with Gasteiger partial charge in [-0.2, -0.15) is 0 Å². The molecule has 16 heavy (non-hydrogen) atoms. The van der Waals surface area contributed by atoms with Crippen molar-refractivity contribution in [1.82, 2.24) is 5.43 Å². The first-order chi connectivity index (χ1) is 7.69. The molecule has 1 aromatic rings. The molecule has 0 unspecified atom stereocenters. The minimum Gasteiger partial charge on any atom is -0.490 e. The molecule has 0 bridgehead atoms. The highest BCUT2D eigenvalue weighted by atomic mass is 79.9. The summed E-state index contributed by atoms with van der Waals surface area (Å²) in [5.74, 6) is 5.34. The summed E-state index contributed by atoms with van der Waals surface area (Å²) in [6.07, 6.45) is 0. The van der Waals surface area contributed by atoms with Crippen LogP contribution in [0.25, 0.3) is 0 Å². The van der Waals surface area contributed by atoms with Crippen LogP contribution < -0.4 is 16.0 Å². The van der Waals surface area contributed by atoms with Crippen LogP contribution in [0.1, 0.15) is 10.4 Å². The highest BCUT2D eigenvalue weighted by molar-refractivity contribution is 9.10. The third-order valence-electron chi connectivity index (χ3n) is 1.87. The van der Waals surface area contributed by atoms with Gasteiger partial charge in [0.15, 0.2) is 0 Å². The van der Waals surface area contributed by atoms with Gasteiger partial charge in [-0.25, -0.2) is 5.84 Å². The monoisotopic (exact) mass is 288 g/mol. The van der Waals surface area contributed by atoms with Crippen molar-refractivity contribution in [2.24, 2.45) is 5.84 Å². The van der Waals surface area contributed by atoms with Crippen molar-refractivity contribution < 1.29 is 14.3 Å². The van der Waals surface area contributed by atoms with Crippen LogP contribution in [0.5, 0.6) is 5.75 Å². The Bertz CT molecular complexity index is 371. The molecular formula is C10H13BrN2O3. The molecule has 0 radical (unpaired) electrons. The van der Waals surface area contributed by atoms with Crippen molar-refractivity contribution in [1.29, 1.82) is 0 Å². The van der Waals surface area contributed by atoms with Crippen LogP contribution in [0.4, 0.5) is 0 Å². The van der Waals surface area contributed by atoms with E-state index in [0.29, 0.717) is 29.0 Å². The van der Waals surface area contributed by atoms with Gasteiger partial charge in [0.2, 0.25) is 0 Å². The first kappa shape index (κ1) is 13.0. The maximum Gasteiger partial charge on any atom is 0.265 e. The van der Waals surface area contributed by atoms with Gasteiger partial charge in [0, 0.05) is 12.7 Å². The average Bonchev–Trinajstić information content (AvgIpc) is 2.30. The molecule has 5 nitrogen and oxygen atoms in total. The number of rotatable bonds is 5.